The van der Waals surface area contributed by atoms with Crippen LogP contribution in [0.3, 0.4) is 0 Å². The maximum atomic E-state index is 6.10. The Labute approximate surface area is 119 Å². The standard InChI is InChI=1S/C12H14BrClN4/c1-3-11-8(7-18(2)17-11)5-15-12-10(14)4-9(13)6-16-12/h4,6-7H,3,5H2,1-2H3,(H,15,16). The normalized spacial score (nSPS) is 10.7. The van der Waals surface area contributed by atoms with Crippen molar-refractivity contribution < 1.29 is 0 Å². The lowest BCUT2D eigenvalue weighted by Crippen LogP contribution is -2.03. The van der Waals surface area contributed by atoms with Crippen LogP contribution >= 0.6 is 27.5 Å². The summed E-state index contributed by atoms with van der Waals surface area (Å²) in [5, 5.41) is 8.22. The monoisotopic (exact) mass is 328 g/mol. The van der Waals surface area contributed by atoms with Gasteiger partial charge in [0, 0.05) is 36.0 Å². The highest BCUT2D eigenvalue weighted by Gasteiger charge is 2.07. The fraction of sp³-hybridized carbons (Fsp3) is 0.333. The number of anilines is 1. The van der Waals surface area contributed by atoms with Crippen LogP contribution in [0, 0.1) is 0 Å². The molecule has 2 heterocycles. The Hall–Kier alpha value is -1.07. The lowest BCUT2D eigenvalue weighted by Gasteiger charge is -2.07. The molecule has 0 unspecified atom stereocenters. The van der Waals surface area contributed by atoms with E-state index in [0.717, 1.165) is 16.6 Å². The van der Waals surface area contributed by atoms with Gasteiger partial charge in [-0.25, -0.2) is 4.98 Å². The molecule has 96 valence electrons. The van der Waals surface area contributed by atoms with E-state index in [1.807, 2.05) is 24.0 Å². The molecule has 6 heteroatoms. The maximum absolute atomic E-state index is 6.10. The molecular formula is C12H14BrClN4. The fourth-order valence-corrected chi connectivity index (χ4v) is 2.45. The third-order valence-corrected chi connectivity index (χ3v) is 3.30. The van der Waals surface area contributed by atoms with E-state index in [2.05, 4.69) is 38.3 Å². The largest absolute Gasteiger partial charge is 0.365 e. The molecule has 2 aromatic rings. The van der Waals surface area contributed by atoms with E-state index in [-0.39, 0.29) is 0 Å². The van der Waals surface area contributed by atoms with Crippen molar-refractivity contribution in [3.05, 3.63) is 39.2 Å². The van der Waals surface area contributed by atoms with E-state index in [4.69, 9.17) is 11.6 Å². The molecule has 0 spiro atoms. The third-order valence-electron chi connectivity index (χ3n) is 2.58. The zero-order valence-electron chi connectivity index (χ0n) is 10.2. The van der Waals surface area contributed by atoms with Gasteiger partial charge in [-0.3, -0.25) is 4.68 Å². The number of pyridine rings is 1. The zero-order chi connectivity index (χ0) is 13.1. The molecule has 0 saturated carbocycles. The molecular weight excluding hydrogens is 316 g/mol. The van der Waals surface area contributed by atoms with Crippen molar-refractivity contribution in [2.45, 2.75) is 19.9 Å². The molecule has 0 aliphatic carbocycles. The lowest BCUT2D eigenvalue weighted by atomic mass is 10.2. The summed E-state index contributed by atoms with van der Waals surface area (Å²) in [6, 6.07) is 1.82. The average Bonchev–Trinajstić information content (AvgIpc) is 2.68. The van der Waals surface area contributed by atoms with E-state index in [1.165, 1.54) is 5.56 Å². The second-order valence-electron chi connectivity index (χ2n) is 3.97. The zero-order valence-corrected chi connectivity index (χ0v) is 12.6. The summed E-state index contributed by atoms with van der Waals surface area (Å²) in [6.07, 6.45) is 4.65. The van der Waals surface area contributed by atoms with Gasteiger partial charge in [-0.1, -0.05) is 18.5 Å². The number of hydrogen-bond acceptors (Lipinski definition) is 3. The van der Waals surface area contributed by atoms with Crippen LogP contribution in [0.4, 0.5) is 5.82 Å². The van der Waals surface area contributed by atoms with Crippen molar-refractivity contribution in [2.24, 2.45) is 7.05 Å². The Morgan fingerprint density at radius 2 is 2.28 bits per heavy atom. The van der Waals surface area contributed by atoms with Gasteiger partial charge in [0.05, 0.1) is 10.7 Å². The van der Waals surface area contributed by atoms with Crippen LogP contribution in [-0.2, 0) is 20.0 Å². The molecule has 0 atom stereocenters. The van der Waals surface area contributed by atoms with Crippen LogP contribution in [0.15, 0.2) is 22.9 Å². The summed E-state index contributed by atoms with van der Waals surface area (Å²) in [5.74, 6) is 0.686. The van der Waals surface area contributed by atoms with Crippen LogP contribution in [0.5, 0.6) is 0 Å². The first-order valence-corrected chi connectivity index (χ1v) is 6.83. The smallest absolute Gasteiger partial charge is 0.145 e. The van der Waals surface area contributed by atoms with E-state index in [0.29, 0.717) is 17.4 Å². The van der Waals surface area contributed by atoms with Gasteiger partial charge in [0.2, 0.25) is 0 Å². The number of aromatic nitrogens is 3. The molecule has 2 rings (SSSR count). The minimum Gasteiger partial charge on any atom is -0.365 e. The number of hydrogen-bond donors (Lipinski definition) is 1. The van der Waals surface area contributed by atoms with Gasteiger partial charge in [-0.15, -0.1) is 0 Å². The highest BCUT2D eigenvalue weighted by Crippen LogP contribution is 2.23. The van der Waals surface area contributed by atoms with Crippen molar-refractivity contribution in [1.82, 2.24) is 14.8 Å². The van der Waals surface area contributed by atoms with Crippen molar-refractivity contribution in [2.75, 3.05) is 5.32 Å². The summed E-state index contributed by atoms with van der Waals surface area (Å²) in [7, 11) is 1.92. The SMILES string of the molecule is CCc1nn(C)cc1CNc1ncc(Br)cc1Cl. The first kappa shape index (κ1) is 13.4. The number of halogens is 2. The summed E-state index contributed by atoms with van der Waals surface area (Å²) in [5.41, 5.74) is 2.26. The van der Waals surface area contributed by atoms with Crippen molar-refractivity contribution in [3.8, 4) is 0 Å². The van der Waals surface area contributed by atoms with Gasteiger partial charge in [0.25, 0.3) is 0 Å². The van der Waals surface area contributed by atoms with E-state index < -0.39 is 0 Å². The van der Waals surface area contributed by atoms with Crippen LogP contribution in [0.2, 0.25) is 5.02 Å². The van der Waals surface area contributed by atoms with E-state index >= 15 is 0 Å². The van der Waals surface area contributed by atoms with Gasteiger partial charge in [-0.05, 0) is 28.4 Å². The molecule has 0 aromatic carbocycles. The Kier molecular flexibility index (Phi) is 4.24. The summed E-state index contributed by atoms with van der Waals surface area (Å²) in [4.78, 5) is 4.24. The Bertz CT molecular complexity index is 553. The van der Waals surface area contributed by atoms with Gasteiger partial charge < -0.3 is 5.32 Å². The number of rotatable bonds is 4. The van der Waals surface area contributed by atoms with Crippen LogP contribution < -0.4 is 5.32 Å². The second kappa shape index (κ2) is 5.71. The fourth-order valence-electron chi connectivity index (χ4n) is 1.75. The molecule has 18 heavy (non-hydrogen) atoms. The number of nitrogens with one attached hydrogen (secondary N) is 1. The molecule has 0 aliphatic rings. The number of aryl methyl sites for hydroxylation is 2. The first-order valence-electron chi connectivity index (χ1n) is 5.66. The van der Waals surface area contributed by atoms with Crippen molar-refractivity contribution in [1.29, 1.82) is 0 Å². The minimum absolute atomic E-state index is 0.603. The summed E-state index contributed by atoms with van der Waals surface area (Å²) < 4.78 is 2.70. The molecule has 0 fully saturated rings. The highest BCUT2D eigenvalue weighted by atomic mass is 79.9. The molecule has 0 amide bonds. The maximum Gasteiger partial charge on any atom is 0.145 e. The Morgan fingerprint density at radius 3 is 2.94 bits per heavy atom. The first-order chi connectivity index (χ1) is 8.60. The quantitative estimate of drug-likeness (QED) is 0.935. The number of nitrogens with zero attached hydrogens (tertiary/aromatic N) is 3. The van der Waals surface area contributed by atoms with E-state index in [9.17, 15) is 0 Å². The minimum atomic E-state index is 0.603. The molecule has 1 N–H and O–H groups in total. The van der Waals surface area contributed by atoms with Crippen molar-refractivity contribution >= 4 is 33.3 Å². The highest BCUT2D eigenvalue weighted by molar-refractivity contribution is 9.10. The van der Waals surface area contributed by atoms with Gasteiger partial charge in [-0.2, -0.15) is 5.10 Å². The van der Waals surface area contributed by atoms with Gasteiger partial charge in [0.15, 0.2) is 0 Å². The van der Waals surface area contributed by atoms with Crippen LogP contribution in [-0.4, -0.2) is 14.8 Å². The van der Waals surface area contributed by atoms with Crippen molar-refractivity contribution in [3.63, 3.8) is 0 Å². The lowest BCUT2D eigenvalue weighted by molar-refractivity contribution is 0.746. The third kappa shape index (κ3) is 3.03. The molecule has 2 aromatic heterocycles. The van der Waals surface area contributed by atoms with Crippen LogP contribution in [0.1, 0.15) is 18.2 Å². The molecule has 0 bridgehead atoms. The Balaban J connectivity index is 2.11. The second-order valence-corrected chi connectivity index (χ2v) is 5.29. The summed E-state index contributed by atoms with van der Waals surface area (Å²) >= 11 is 9.43. The molecule has 0 aliphatic heterocycles. The van der Waals surface area contributed by atoms with Crippen LogP contribution in [0.25, 0.3) is 0 Å². The predicted molar refractivity (Wildman–Crippen MR) is 76.9 cm³/mol. The molecule has 0 saturated heterocycles. The Morgan fingerprint density at radius 1 is 1.50 bits per heavy atom. The average molecular weight is 330 g/mol. The van der Waals surface area contributed by atoms with Gasteiger partial charge >= 0.3 is 0 Å². The summed E-state index contributed by atoms with van der Waals surface area (Å²) in [6.45, 7) is 2.77. The van der Waals surface area contributed by atoms with Gasteiger partial charge in [0.1, 0.15) is 5.82 Å². The topological polar surface area (TPSA) is 42.7 Å². The molecule has 0 radical (unpaired) electrons. The molecule has 4 nitrogen and oxygen atoms in total. The predicted octanol–water partition coefficient (Wildman–Crippen LogP) is 3.41. The van der Waals surface area contributed by atoms with E-state index in [1.54, 1.807) is 6.20 Å².